The third-order valence-corrected chi connectivity index (χ3v) is 6.19. The van der Waals surface area contributed by atoms with Crippen LogP contribution in [-0.2, 0) is 16.0 Å². The SMILES string of the molecule is COc1cc(OC)c2cc(C(=O)c3ccc(CCC(=O)C(C)(C)OCCC(C)(C)O)cc3)c(=O)oc2c1. The molecule has 3 aromatic rings. The lowest BCUT2D eigenvalue weighted by Gasteiger charge is -2.26. The molecule has 0 aliphatic rings. The van der Waals surface area contributed by atoms with Crippen molar-refractivity contribution in [3.63, 3.8) is 0 Å². The van der Waals surface area contributed by atoms with Gasteiger partial charge in [0.1, 0.15) is 28.2 Å². The topological polar surface area (TPSA) is 112 Å². The number of hydrogen-bond acceptors (Lipinski definition) is 8. The van der Waals surface area contributed by atoms with E-state index in [4.69, 9.17) is 18.6 Å². The van der Waals surface area contributed by atoms with Crippen LogP contribution in [0, 0.1) is 0 Å². The van der Waals surface area contributed by atoms with Crippen LogP contribution >= 0.6 is 0 Å². The zero-order chi connectivity index (χ0) is 27.4. The summed E-state index contributed by atoms with van der Waals surface area (Å²) in [6.07, 6.45) is 1.17. The van der Waals surface area contributed by atoms with E-state index in [1.54, 1.807) is 64.1 Å². The lowest BCUT2D eigenvalue weighted by atomic mass is 9.95. The fourth-order valence-electron chi connectivity index (χ4n) is 3.78. The number of carbonyl (C=O) groups excluding carboxylic acids is 2. The number of hydrogen-bond donors (Lipinski definition) is 1. The van der Waals surface area contributed by atoms with E-state index < -0.39 is 22.6 Å². The van der Waals surface area contributed by atoms with Gasteiger partial charge in [-0.1, -0.05) is 24.3 Å². The fourth-order valence-corrected chi connectivity index (χ4v) is 3.78. The molecule has 0 aliphatic heterocycles. The average Bonchev–Trinajstić information content (AvgIpc) is 2.84. The summed E-state index contributed by atoms with van der Waals surface area (Å²) < 4.78 is 21.7. The summed E-state index contributed by atoms with van der Waals surface area (Å²) >= 11 is 0. The van der Waals surface area contributed by atoms with Crippen molar-refractivity contribution in [1.82, 2.24) is 0 Å². The summed E-state index contributed by atoms with van der Waals surface area (Å²) in [5, 5.41) is 10.3. The van der Waals surface area contributed by atoms with E-state index in [0.717, 1.165) is 5.56 Å². The lowest BCUT2D eigenvalue weighted by molar-refractivity contribution is -0.142. The van der Waals surface area contributed by atoms with Crippen molar-refractivity contribution in [2.75, 3.05) is 20.8 Å². The number of methoxy groups -OCH3 is 2. The Kier molecular flexibility index (Phi) is 8.56. The molecule has 2 aromatic carbocycles. The maximum atomic E-state index is 13.1. The van der Waals surface area contributed by atoms with Gasteiger partial charge >= 0.3 is 5.63 Å². The summed E-state index contributed by atoms with van der Waals surface area (Å²) in [5.41, 5.74) is -1.23. The summed E-state index contributed by atoms with van der Waals surface area (Å²) in [7, 11) is 2.97. The molecule has 1 aromatic heterocycles. The first-order valence-electron chi connectivity index (χ1n) is 12.1. The molecule has 3 rings (SSSR count). The van der Waals surface area contributed by atoms with Crippen LogP contribution < -0.4 is 15.1 Å². The van der Waals surface area contributed by atoms with Crippen LogP contribution in [-0.4, -0.2) is 48.7 Å². The van der Waals surface area contributed by atoms with Gasteiger partial charge in [-0.2, -0.15) is 0 Å². The Hall–Kier alpha value is -3.49. The molecule has 8 nitrogen and oxygen atoms in total. The molecule has 0 aliphatic carbocycles. The molecule has 0 atom stereocenters. The predicted molar refractivity (Wildman–Crippen MR) is 140 cm³/mol. The molecule has 1 heterocycles. The highest BCUT2D eigenvalue weighted by Crippen LogP contribution is 2.31. The molecule has 0 fully saturated rings. The van der Waals surface area contributed by atoms with Crippen LogP contribution in [0.2, 0.25) is 0 Å². The van der Waals surface area contributed by atoms with Gasteiger partial charge in [-0.3, -0.25) is 9.59 Å². The van der Waals surface area contributed by atoms with Crippen molar-refractivity contribution in [2.24, 2.45) is 0 Å². The number of ether oxygens (including phenoxy) is 3. The van der Waals surface area contributed by atoms with E-state index in [1.165, 1.54) is 20.3 Å². The van der Waals surface area contributed by atoms with Gasteiger partial charge < -0.3 is 23.7 Å². The minimum absolute atomic E-state index is 0.0530. The smallest absolute Gasteiger partial charge is 0.347 e. The summed E-state index contributed by atoms with van der Waals surface area (Å²) in [6, 6.07) is 11.4. The molecule has 8 heteroatoms. The molecule has 0 radical (unpaired) electrons. The van der Waals surface area contributed by atoms with Crippen molar-refractivity contribution in [3.8, 4) is 11.5 Å². The molecule has 0 spiro atoms. The minimum Gasteiger partial charge on any atom is -0.496 e. The Morgan fingerprint density at radius 3 is 2.24 bits per heavy atom. The van der Waals surface area contributed by atoms with E-state index in [0.29, 0.717) is 35.3 Å². The van der Waals surface area contributed by atoms with Crippen molar-refractivity contribution in [3.05, 3.63) is 69.6 Å². The molecular weight excluding hydrogens is 476 g/mol. The number of carbonyl (C=O) groups is 2. The molecule has 0 unspecified atom stereocenters. The maximum absolute atomic E-state index is 13.1. The quantitative estimate of drug-likeness (QED) is 0.280. The van der Waals surface area contributed by atoms with Gasteiger partial charge in [-0.25, -0.2) is 4.79 Å². The number of rotatable bonds is 12. The van der Waals surface area contributed by atoms with Crippen molar-refractivity contribution < 1.29 is 33.3 Å². The van der Waals surface area contributed by atoms with E-state index in [1.807, 2.05) is 0 Å². The highest BCUT2D eigenvalue weighted by molar-refractivity contribution is 6.10. The Bertz CT molecular complexity index is 1330. The number of ketones is 2. The normalized spacial score (nSPS) is 12.0. The summed E-state index contributed by atoms with van der Waals surface area (Å²) in [4.78, 5) is 38.4. The minimum atomic E-state index is -0.962. The first-order valence-corrected chi connectivity index (χ1v) is 12.1. The van der Waals surface area contributed by atoms with Gasteiger partial charge in [0.05, 0.1) is 31.8 Å². The Morgan fingerprint density at radius 1 is 0.973 bits per heavy atom. The zero-order valence-corrected chi connectivity index (χ0v) is 22.2. The number of Topliss-reactive ketones (excluding diaryl/α,β-unsaturated/α-hetero) is 1. The van der Waals surface area contributed by atoms with Crippen LogP contribution in [0.4, 0.5) is 0 Å². The van der Waals surface area contributed by atoms with Crippen LogP contribution in [0.3, 0.4) is 0 Å². The Morgan fingerprint density at radius 2 is 1.65 bits per heavy atom. The van der Waals surface area contributed by atoms with Crippen LogP contribution in [0.25, 0.3) is 11.0 Å². The largest absolute Gasteiger partial charge is 0.496 e. The number of benzene rings is 2. The van der Waals surface area contributed by atoms with E-state index in [-0.39, 0.29) is 30.0 Å². The third-order valence-electron chi connectivity index (χ3n) is 6.19. The summed E-state index contributed by atoms with van der Waals surface area (Å²) in [6.45, 7) is 7.12. The number of aryl methyl sites for hydroxylation is 1. The lowest BCUT2D eigenvalue weighted by Crippen LogP contribution is -2.37. The molecule has 0 saturated heterocycles. The maximum Gasteiger partial charge on any atom is 0.347 e. The first-order chi connectivity index (χ1) is 17.3. The van der Waals surface area contributed by atoms with Crippen molar-refractivity contribution in [2.45, 2.75) is 58.2 Å². The van der Waals surface area contributed by atoms with E-state index >= 15 is 0 Å². The molecule has 0 amide bonds. The second-order valence-corrected chi connectivity index (χ2v) is 10.1. The monoisotopic (exact) mass is 510 g/mol. The van der Waals surface area contributed by atoms with Gasteiger partial charge in [0.2, 0.25) is 0 Å². The van der Waals surface area contributed by atoms with E-state index in [9.17, 15) is 19.5 Å². The average molecular weight is 511 g/mol. The van der Waals surface area contributed by atoms with Crippen LogP contribution in [0.15, 0.2) is 51.7 Å². The number of aliphatic hydroxyl groups is 1. The second-order valence-electron chi connectivity index (χ2n) is 10.1. The number of fused-ring (bicyclic) bond motifs is 1. The van der Waals surface area contributed by atoms with Crippen molar-refractivity contribution >= 4 is 22.5 Å². The summed E-state index contributed by atoms with van der Waals surface area (Å²) in [5.74, 6) is 0.351. The van der Waals surface area contributed by atoms with Gasteiger partial charge in [0.25, 0.3) is 0 Å². The van der Waals surface area contributed by atoms with Gasteiger partial charge in [0.15, 0.2) is 11.6 Å². The van der Waals surface area contributed by atoms with Gasteiger partial charge in [-0.05, 0) is 52.2 Å². The highest BCUT2D eigenvalue weighted by Gasteiger charge is 2.28. The molecular formula is C29H34O8. The van der Waals surface area contributed by atoms with Crippen LogP contribution in [0.1, 0.15) is 62.0 Å². The fraction of sp³-hybridized carbons (Fsp3) is 0.414. The second kappa shape index (κ2) is 11.3. The predicted octanol–water partition coefficient (Wildman–Crippen LogP) is 4.50. The zero-order valence-electron chi connectivity index (χ0n) is 22.2. The Labute approximate surface area is 216 Å². The molecule has 37 heavy (non-hydrogen) atoms. The highest BCUT2D eigenvalue weighted by atomic mass is 16.5. The first kappa shape index (κ1) is 28.1. The Balaban J connectivity index is 1.70. The molecule has 1 N–H and O–H groups in total. The van der Waals surface area contributed by atoms with Crippen molar-refractivity contribution in [1.29, 1.82) is 0 Å². The van der Waals surface area contributed by atoms with Gasteiger partial charge in [0, 0.05) is 24.1 Å². The molecule has 198 valence electrons. The van der Waals surface area contributed by atoms with Gasteiger partial charge in [-0.15, -0.1) is 0 Å². The third kappa shape index (κ3) is 7.05. The molecule has 0 saturated carbocycles. The van der Waals surface area contributed by atoms with E-state index in [2.05, 4.69) is 0 Å². The standard InChI is InChI=1S/C29H34O8/c1-28(2,33)13-14-36-29(3,4)25(30)12-9-18-7-10-19(11-8-18)26(31)22-17-21-23(35-6)15-20(34-5)16-24(21)37-27(22)32/h7-8,10-11,15-17,33H,9,12-14H2,1-6H3. The molecule has 0 bridgehead atoms. The van der Waals surface area contributed by atoms with Crippen LogP contribution in [0.5, 0.6) is 11.5 Å².